The molecule has 0 spiro atoms. The Labute approximate surface area is 176 Å². The van der Waals surface area contributed by atoms with E-state index in [4.69, 9.17) is 36.8 Å². The van der Waals surface area contributed by atoms with Gasteiger partial charge in [-0.15, -0.1) is 0 Å². The molecule has 152 valence electrons. The van der Waals surface area contributed by atoms with Crippen LogP contribution in [0.15, 0.2) is 0 Å². The molecule has 0 heterocycles. The van der Waals surface area contributed by atoms with Gasteiger partial charge in [-0.25, -0.2) is 4.57 Å². The van der Waals surface area contributed by atoms with Crippen LogP contribution in [0.25, 0.3) is 0 Å². The van der Waals surface area contributed by atoms with Crippen molar-refractivity contribution >= 4 is 33.9 Å². The zero-order chi connectivity index (χ0) is 16.7. The Hall–Kier alpha value is 2.28. The molecule has 0 saturated heterocycles. The van der Waals surface area contributed by atoms with Crippen LogP contribution in [0.1, 0.15) is 0 Å². The fourth-order valence-electron chi connectivity index (χ4n) is 0.122. The molecule has 0 aromatic carbocycles. The van der Waals surface area contributed by atoms with Gasteiger partial charge >= 0.3 is 76.1 Å². The normalized spacial score (nSPS) is 10.0. The van der Waals surface area contributed by atoms with E-state index in [2.05, 4.69) is 4.31 Å². The maximum absolute atomic E-state index is 9.32. The van der Waals surface area contributed by atoms with E-state index in [0.717, 1.165) is 0 Å². The standard InChI is InChI=1S/4Fe.H4O7P2.H3O4P.H2O4S.O/c;;;;1-8(2,3)7-9(4,5)6;2*1-5(2,3)4;/h;;;;(H2,1,2,3)(H2,4,5,6);(H3,1,2,3,4);(H2,1,2,3,4);/q4*+2;;;;-2/p-6. The number of rotatable bonds is 2. The summed E-state index contributed by atoms with van der Waals surface area (Å²) in [6.07, 6.45) is 0. The SMILES string of the molecule is O=P(O)(O)O.O=P([O-])([O-])OP(=O)([O-])[O-].O=S(=O)([O-])[O-].[Fe+2].[Fe+2].[Fe+2].[Fe+2].[O-2]. The Morgan fingerprint density at radius 2 is 0.792 bits per heavy atom. The third kappa shape index (κ3) is 192. The summed E-state index contributed by atoms with van der Waals surface area (Å²) < 4.78 is 64.1. The molecule has 0 atom stereocenters. The first-order chi connectivity index (χ1) is 7.71. The Morgan fingerprint density at radius 1 is 0.708 bits per heavy atom. The summed E-state index contributed by atoms with van der Waals surface area (Å²) in [5, 5.41) is 0. The number of phosphoric acid groups is 3. The van der Waals surface area contributed by atoms with Crippen LogP contribution >= 0.6 is 23.5 Å². The van der Waals surface area contributed by atoms with E-state index >= 15 is 0 Å². The molecule has 0 amide bonds. The molecule has 0 aromatic heterocycles. The molecular weight excluding hydrogens is 604 g/mol. The van der Waals surface area contributed by atoms with Crippen molar-refractivity contribution in [3.63, 3.8) is 0 Å². The van der Waals surface area contributed by atoms with Crippen molar-refractivity contribution in [3.05, 3.63) is 0 Å². The van der Waals surface area contributed by atoms with Crippen molar-refractivity contribution in [2.24, 2.45) is 0 Å². The third-order valence-electron chi connectivity index (χ3n) is 0.200. The molecule has 0 aliphatic carbocycles. The smallest absolute Gasteiger partial charge is 2.00 e. The van der Waals surface area contributed by atoms with Gasteiger partial charge in [-0.2, -0.15) is 0 Å². The van der Waals surface area contributed by atoms with Crippen LogP contribution in [0.4, 0.5) is 0 Å². The Kier molecular flexibility index (Phi) is 41.9. The second-order valence-corrected chi connectivity index (χ2v) is 6.18. The van der Waals surface area contributed by atoms with Crippen molar-refractivity contribution in [2.45, 2.75) is 0 Å². The molecule has 0 rings (SSSR count). The van der Waals surface area contributed by atoms with Gasteiger partial charge in [0.05, 0.1) is 15.6 Å². The molecule has 0 unspecified atom stereocenters. The zero-order valence-corrected chi connectivity index (χ0v) is 17.7. The van der Waals surface area contributed by atoms with Crippen LogP contribution in [0, 0.1) is 0 Å². The second-order valence-electron chi connectivity index (χ2n) is 1.90. The molecule has 0 fully saturated rings. The van der Waals surface area contributed by atoms with Crippen LogP contribution in [0.3, 0.4) is 0 Å². The van der Waals surface area contributed by atoms with Crippen LogP contribution in [-0.4, -0.2) is 32.2 Å². The van der Waals surface area contributed by atoms with E-state index in [-0.39, 0.29) is 73.8 Å². The van der Waals surface area contributed by atoms with Gasteiger partial charge in [-0.1, -0.05) is 0 Å². The van der Waals surface area contributed by atoms with Crippen molar-refractivity contribution in [3.8, 4) is 0 Å². The van der Waals surface area contributed by atoms with E-state index in [9.17, 15) is 28.7 Å². The minimum Gasteiger partial charge on any atom is -2.00 e. The van der Waals surface area contributed by atoms with Gasteiger partial charge in [-0.3, -0.25) is 8.42 Å². The molecule has 0 aliphatic heterocycles. The summed E-state index contributed by atoms with van der Waals surface area (Å²) in [6.45, 7) is 0. The molecule has 0 aliphatic rings. The summed E-state index contributed by atoms with van der Waals surface area (Å²) in [4.78, 5) is 58.9. The van der Waals surface area contributed by atoms with Gasteiger partial charge < -0.3 is 62.3 Å². The van der Waals surface area contributed by atoms with Crippen LogP contribution in [-0.2, 0) is 102 Å². The quantitative estimate of drug-likeness (QED) is 0.114. The van der Waals surface area contributed by atoms with Crippen LogP contribution in [0.5, 0.6) is 0 Å². The summed E-state index contributed by atoms with van der Waals surface area (Å²) in [5.41, 5.74) is 0. The minimum atomic E-state index is -5.68. The first-order valence-electron chi connectivity index (χ1n) is 2.91. The van der Waals surface area contributed by atoms with E-state index in [0.29, 0.717) is 0 Å². The summed E-state index contributed by atoms with van der Waals surface area (Å²) in [5.74, 6) is 0. The van der Waals surface area contributed by atoms with Crippen molar-refractivity contribution < 1.29 is 144 Å². The van der Waals surface area contributed by atoms with Gasteiger partial charge in [0, 0.05) is 10.4 Å². The molecule has 24 heteroatoms. The van der Waals surface area contributed by atoms with E-state index in [1.165, 1.54) is 0 Å². The fraction of sp³-hybridized carbons (Fsp3) is 0. The van der Waals surface area contributed by atoms with Crippen molar-refractivity contribution in [1.29, 1.82) is 0 Å². The average molecular weight is 607 g/mol. The van der Waals surface area contributed by atoms with Gasteiger partial charge in [0.25, 0.3) is 0 Å². The summed E-state index contributed by atoms with van der Waals surface area (Å²) >= 11 is 0. The molecule has 0 aromatic rings. The molecule has 0 radical (unpaired) electrons. The van der Waals surface area contributed by atoms with Gasteiger partial charge in [0.2, 0.25) is 0 Å². The minimum absolute atomic E-state index is 0. The molecule has 0 saturated carbocycles. The van der Waals surface area contributed by atoms with E-state index in [1.54, 1.807) is 0 Å². The average Bonchev–Trinajstić information content (AvgIpc) is 1.63. The number of hydrogen-bond donors (Lipinski definition) is 3. The number of hydrogen-bond acceptors (Lipinski definition) is 12. The molecule has 16 nitrogen and oxygen atoms in total. The predicted molar refractivity (Wildman–Crippen MR) is 41.7 cm³/mol. The van der Waals surface area contributed by atoms with E-state index in [1.807, 2.05) is 0 Å². The fourth-order valence-corrected chi connectivity index (χ4v) is 1.10. The van der Waals surface area contributed by atoms with Crippen LogP contribution < -0.4 is 19.6 Å². The Bertz CT molecular complexity index is 443. The predicted octanol–water partition coefficient (Wildman–Crippen LogP) is -5.74. The van der Waals surface area contributed by atoms with Crippen molar-refractivity contribution in [1.82, 2.24) is 0 Å². The largest absolute Gasteiger partial charge is 2.00 e. The Morgan fingerprint density at radius 3 is 0.792 bits per heavy atom. The third-order valence-corrected chi connectivity index (χ3v) is 1.80. The van der Waals surface area contributed by atoms with Gasteiger partial charge in [0.1, 0.15) is 0 Å². The summed E-state index contributed by atoms with van der Waals surface area (Å²) in [6, 6.07) is 0. The molecular formula is H3Fe4O16P3S. The van der Waals surface area contributed by atoms with E-state index < -0.39 is 33.9 Å². The monoisotopic (exact) mass is 608 g/mol. The topological polar surface area (TPSA) is 322 Å². The summed E-state index contributed by atoms with van der Waals surface area (Å²) in [7, 11) is -21.2. The first kappa shape index (κ1) is 50.3. The van der Waals surface area contributed by atoms with Gasteiger partial charge in [-0.05, 0) is 0 Å². The molecule has 3 N–H and O–H groups in total. The molecule has 0 bridgehead atoms. The Balaban J connectivity index is -0.0000000255. The van der Waals surface area contributed by atoms with Gasteiger partial charge in [0.15, 0.2) is 0 Å². The maximum atomic E-state index is 9.32. The molecule has 24 heavy (non-hydrogen) atoms. The van der Waals surface area contributed by atoms with Crippen molar-refractivity contribution in [2.75, 3.05) is 0 Å². The maximum Gasteiger partial charge on any atom is 2.00 e. The zero-order valence-electron chi connectivity index (χ0n) is 9.81. The van der Waals surface area contributed by atoms with Crippen LogP contribution in [0.2, 0.25) is 0 Å². The second kappa shape index (κ2) is 20.0. The first-order valence-corrected chi connectivity index (χ1v) is 8.73.